The number of rotatable bonds is 2. The van der Waals surface area contributed by atoms with Gasteiger partial charge in [-0.2, -0.15) is 0 Å². The molecule has 0 bridgehead atoms. The van der Waals surface area contributed by atoms with Crippen molar-refractivity contribution in [1.29, 1.82) is 0 Å². The van der Waals surface area contributed by atoms with Crippen LogP contribution in [0, 0.1) is 0 Å². The van der Waals surface area contributed by atoms with Crippen molar-refractivity contribution >= 4 is 0 Å². The summed E-state index contributed by atoms with van der Waals surface area (Å²) in [4.78, 5) is 9.44. The van der Waals surface area contributed by atoms with E-state index < -0.39 is 0 Å². The molecule has 0 spiro atoms. The van der Waals surface area contributed by atoms with E-state index in [1.165, 1.54) is 5.56 Å². The Morgan fingerprint density at radius 3 is 2.55 bits per heavy atom. The van der Waals surface area contributed by atoms with E-state index >= 15 is 0 Å². The Hall–Kier alpha value is -0.860. The Balaban J connectivity index is 1.95. The topological polar surface area (TPSA) is 18.5 Å². The van der Waals surface area contributed by atoms with E-state index in [9.17, 15) is 0 Å². The van der Waals surface area contributed by atoms with Gasteiger partial charge in [-0.1, -0.05) is 30.3 Å². The molecule has 2 heteroatoms. The van der Waals surface area contributed by atoms with Gasteiger partial charge in [0.25, 0.3) is 0 Å². The van der Waals surface area contributed by atoms with E-state index in [4.69, 9.17) is 4.89 Å². The lowest BCUT2D eigenvalue weighted by Gasteiger charge is -2.24. The lowest BCUT2D eigenvalue weighted by molar-refractivity contribution is -0.423. The summed E-state index contributed by atoms with van der Waals surface area (Å²) >= 11 is 0. The molecule has 0 aromatic heterocycles. The van der Waals surface area contributed by atoms with Crippen molar-refractivity contribution < 1.29 is 9.78 Å². The summed E-state index contributed by atoms with van der Waals surface area (Å²) in [6, 6.07) is 10.3. The van der Waals surface area contributed by atoms with Gasteiger partial charge in [0.15, 0.2) is 0 Å². The first kappa shape index (κ1) is 6.83. The molecule has 11 heavy (non-hydrogen) atoms. The molecule has 0 saturated carbocycles. The molecule has 1 fully saturated rings. The molecular weight excluding hydrogens is 140 g/mol. The molecule has 58 valence electrons. The van der Waals surface area contributed by atoms with Crippen LogP contribution in [0.3, 0.4) is 0 Å². The summed E-state index contributed by atoms with van der Waals surface area (Å²) < 4.78 is 0. The van der Waals surface area contributed by atoms with Crippen LogP contribution in [0.2, 0.25) is 0 Å². The lowest BCUT2D eigenvalue weighted by Crippen LogP contribution is -2.32. The first-order chi connectivity index (χ1) is 5.45. The first-order valence-electron chi connectivity index (χ1n) is 3.77. The summed E-state index contributed by atoms with van der Waals surface area (Å²) in [7, 11) is 0. The Morgan fingerprint density at radius 1 is 1.27 bits per heavy atom. The van der Waals surface area contributed by atoms with Crippen LogP contribution in [0.25, 0.3) is 0 Å². The zero-order chi connectivity index (χ0) is 7.52. The second-order valence-corrected chi connectivity index (χ2v) is 2.69. The fraction of sp³-hybridized carbons (Fsp3) is 0.333. The van der Waals surface area contributed by atoms with Crippen molar-refractivity contribution in [2.45, 2.75) is 12.5 Å². The van der Waals surface area contributed by atoms with Crippen LogP contribution in [0.4, 0.5) is 0 Å². The van der Waals surface area contributed by atoms with Crippen molar-refractivity contribution in [3.05, 3.63) is 35.9 Å². The van der Waals surface area contributed by atoms with E-state index in [0.717, 1.165) is 13.0 Å². The molecule has 1 aliphatic heterocycles. The Kier molecular flexibility index (Phi) is 1.88. The van der Waals surface area contributed by atoms with Crippen LogP contribution >= 0.6 is 0 Å². The summed E-state index contributed by atoms with van der Waals surface area (Å²) in [5, 5.41) is 0. The van der Waals surface area contributed by atoms with Gasteiger partial charge >= 0.3 is 0 Å². The highest BCUT2D eigenvalue weighted by Crippen LogP contribution is 2.12. The largest absolute Gasteiger partial charge is 0.233 e. The molecule has 1 heterocycles. The van der Waals surface area contributed by atoms with Crippen molar-refractivity contribution in [1.82, 2.24) is 0 Å². The minimum absolute atomic E-state index is 0.275. The van der Waals surface area contributed by atoms with Crippen molar-refractivity contribution in [2.24, 2.45) is 0 Å². The predicted molar refractivity (Wildman–Crippen MR) is 41.0 cm³/mol. The Morgan fingerprint density at radius 2 is 2.00 bits per heavy atom. The van der Waals surface area contributed by atoms with Crippen molar-refractivity contribution in [3.8, 4) is 0 Å². The molecule has 1 atom stereocenters. The number of hydrogen-bond acceptors (Lipinski definition) is 2. The smallest absolute Gasteiger partial charge is 0.123 e. The molecule has 0 N–H and O–H groups in total. The van der Waals surface area contributed by atoms with Crippen LogP contribution in [0.1, 0.15) is 5.56 Å². The highest BCUT2D eigenvalue weighted by Gasteiger charge is 2.20. The van der Waals surface area contributed by atoms with Gasteiger partial charge in [0, 0.05) is 6.42 Å². The third kappa shape index (κ3) is 1.59. The molecule has 1 aromatic rings. The zero-order valence-corrected chi connectivity index (χ0v) is 6.19. The van der Waals surface area contributed by atoms with Crippen LogP contribution in [-0.4, -0.2) is 12.7 Å². The van der Waals surface area contributed by atoms with E-state index in [2.05, 4.69) is 17.0 Å². The van der Waals surface area contributed by atoms with E-state index in [1.807, 2.05) is 18.2 Å². The molecule has 0 amide bonds. The summed E-state index contributed by atoms with van der Waals surface area (Å²) in [5.74, 6) is 0. The molecule has 2 nitrogen and oxygen atoms in total. The number of benzene rings is 1. The molecular formula is C9H10O2. The molecule has 1 saturated heterocycles. The fourth-order valence-corrected chi connectivity index (χ4v) is 1.13. The highest BCUT2D eigenvalue weighted by molar-refractivity contribution is 5.15. The highest BCUT2D eigenvalue weighted by atomic mass is 17.2. The minimum atomic E-state index is 0.275. The monoisotopic (exact) mass is 150 g/mol. The standard InChI is InChI=1S/C9H10O2/c1-2-4-8(5-3-1)6-9-7-10-11-9/h1-5,9H,6-7H2. The van der Waals surface area contributed by atoms with Crippen molar-refractivity contribution in [3.63, 3.8) is 0 Å². The van der Waals surface area contributed by atoms with Gasteiger partial charge in [-0.3, -0.25) is 0 Å². The quantitative estimate of drug-likeness (QED) is 0.595. The second-order valence-electron chi connectivity index (χ2n) is 2.69. The molecule has 0 aliphatic carbocycles. The molecule has 0 radical (unpaired) electrons. The molecule has 2 rings (SSSR count). The van der Waals surface area contributed by atoms with Crippen LogP contribution in [0.5, 0.6) is 0 Å². The first-order valence-corrected chi connectivity index (χ1v) is 3.77. The van der Waals surface area contributed by atoms with Crippen LogP contribution in [0.15, 0.2) is 30.3 Å². The third-order valence-corrected chi connectivity index (χ3v) is 1.76. The maximum atomic E-state index is 4.83. The SMILES string of the molecule is c1ccc(CC2COO2)cc1. The van der Waals surface area contributed by atoms with E-state index in [-0.39, 0.29) is 6.10 Å². The van der Waals surface area contributed by atoms with Gasteiger partial charge in [0.2, 0.25) is 0 Å². The normalized spacial score (nSPS) is 22.7. The van der Waals surface area contributed by atoms with E-state index in [1.54, 1.807) is 0 Å². The Bertz CT molecular complexity index is 216. The molecule has 1 aromatic carbocycles. The number of hydrogen-bond donors (Lipinski definition) is 0. The molecule has 1 aliphatic rings. The Labute approximate surface area is 65.7 Å². The average molecular weight is 150 g/mol. The second kappa shape index (κ2) is 3.03. The van der Waals surface area contributed by atoms with Crippen molar-refractivity contribution in [2.75, 3.05) is 6.61 Å². The fourth-order valence-electron chi connectivity index (χ4n) is 1.13. The lowest BCUT2D eigenvalue weighted by atomic mass is 10.1. The van der Waals surface area contributed by atoms with Crippen LogP contribution in [-0.2, 0) is 16.2 Å². The van der Waals surface area contributed by atoms with E-state index in [0.29, 0.717) is 0 Å². The van der Waals surface area contributed by atoms with Gasteiger partial charge < -0.3 is 0 Å². The third-order valence-electron chi connectivity index (χ3n) is 1.76. The van der Waals surface area contributed by atoms with Gasteiger partial charge in [0.05, 0.1) is 0 Å². The minimum Gasteiger partial charge on any atom is -0.233 e. The van der Waals surface area contributed by atoms with Gasteiger partial charge in [-0.05, 0) is 5.56 Å². The van der Waals surface area contributed by atoms with Gasteiger partial charge in [-0.15, -0.1) is 0 Å². The maximum Gasteiger partial charge on any atom is 0.123 e. The predicted octanol–water partition coefficient (Wildman–Crippen LogP) is 1.56. The average Bonchev–Trinajstić information content (AvgIpc) is 1.99. The zero-order valence-electron chi connectivity index (χ0n) is 6.19. The summed E-state index contributed by atoms with van der Waals surface area (Å²) in [6.07, 6.45) is 1.23. The maximum absolute atomic E-state index is 4.83. The summed E-state index contributed by atoms with van der Waals surface area (Å²) in [5.41, 5.74) is 1.31. The van der Waals surface area contributed by atoms with Gasteiger partial charge in [-0.25, -0.2) is 9.78 Å². The van der Waals surface area contributed by atoms with Gasteiger partial charge in [0.1, 0.15) is 12.7 Å². The summed E-state index contributed by atoms with van der Waals surface area (Å²) in [6.45, 7) is 0.731. The molecule has 1 unspecified atom stereocenters. The van der Waals surface area contributed by atoms with Crippen LogP contribution < -0.4 is 0 Å².